The van der Waals surface area contributed by atoms with E-state index in [2.05, 4.69) is 58.1 Å². The lowest BCUT2D eigenvalue weighted by molar-refractivity contribution is 0.311. The van der Waals surface area contributed by atoms with E-state index < -0.39 is 0 Å². The van der Waals surface area contributed by atoms with Crippen molar-refractivity contribution >= 4 is 34.0 Å². The van der Waals surface area contributed by atoms with Crippen molar-refractivity contribution in [1.29, 1.82) is 0 Å². The molecule has 4 rings (SSSR count). The van der Waals surface area contributed by atoms with Crippen molar-refractivity contribution in [3.8, 4) is 16.3 Å². The van der Waals surface area contributed by atoms with Crippen LogP contribution < -0.4 is 10.2 Å². The molecule has 0 radical (unpaired) electrons. The quantitative estimate of drug-likeness (QED) is 0.183. The summed E-state index contributed by atoms with van der Waals surface area (Å²) < 4.78 is 5.84. The Kier molecular flexibility index (Phi) is 6.90. The van der Waals surface area contributed by atoms with Gasteiger partial charge in [-0.15, -0.1) is 22.7 Å². The minimum atomic E-state index is 0.708. The number of hydrogen-bond donors (Lipinski definition) is 1. The monoisotopic (exact) mass is 433 g/mol. The van der Waals surface area contributed by atoms with Crippen molar-refractivity contribution < 1.29 is 4.74 Å². The lowest BCUT2D eigenvalue weighted by Crippen LogP contribution is -1.99. The minimum absolute atomic E-state index is 0.708. The van der Waals surface area contributed by atoms with Crippen LogP contribution in [0.15, 0.2) is 77.2 Å². The molecule has 30 heavy (non-hydrogen) atoms. The molecule has 0 aliphatic rings. The van der Waals surface area contributed by atoms with Crippen LogP contribution in [0, 0.1) is 6.92 Å². The van der Waals surface area contributed by atoms with Gasteiger partial charge in [-0.25, -0.2) is 4.98 Å². The van der Waals surface area contributed by atoms with Crippen molar-refractivity contribution in [2.24, 2.45) is 5.10 Å². The first-order valence-corrected chi connectivity index (χ1v) is 11.5. The molecule has 0 fully saturated rings. The van der Waals surface area contributed by atoms with Crippen molar-refractivity contribution in [1.82, 2.24) is 4.98 Å². The van der Waals surface area contributed by atoms with E-state index in [1.807, 2.05) is 36.4 Å². The lowest BCUT2D eigenvalue weighted by Gasteiger charge is -2.06. The predicted molar refractivity (Wildman–Crippen MR) is 128 cm³/mol. The van der Waals surface area contributed by atoms with E-state index in [1.165, 1.54) is 15.3 Å². The summed E-state index contributed by atoms with van der Waals surface area (Å²) in [6, 6.07) is 22.6. The zero-order valence-electron chi connectivity index (χ0n) is 16.7. The second kappa shape index (κ2) is 10.2. The number of thiophene rings is 1. The third-order valence-electron chi connectivity index (χ3n) is 4.53. The smallest absolute Gasteiger partial charge is 0.204 e. The summed E-state index contributed by atoms with van der Waals surface area (Å²) in [5, 5.41) is 7.18. The van der Waals surface area contributed by atoms with Crippen LogP contribution >= 0.6 is 22.7 Å². The molecule has 0 bridgehead atoms. The molecule has 2 aromatic carbocycles. The van der Waals surface area contributed by atoms with Gasteiger partial charge < -0.3 is 4.74 Å². The van der Waals surface area contributed by atoms with Gasteiger partial charge in [0, 0.05) is 4.88 Å². The normalized spacial score (nSPS) is 11.1. The van der Waals surface area contributed by atoms with Gasteiger partial charge in [-0.05, 0) is 66.6 Å². The third-order valence-corrected chi connectivity index (χ3v) is 6.28. The molecule has 0 saturated heterocycles. The molecule has 1 N–H and O–H groups in total. The molecular weight excluding hydrogens is 410 g/mol. The van der Waals surface area contributed by atoms with Crippen LogP contribution in [-0.2, 0) is 6.42 Å². The molecule has 0 aliphatic heterocycles. The molecule has 4 aromatic rings. The molecule has 0 saturated carbocycles. The number of nitrogens with one attached hydrogen (secondary N) is 1. The van der Waals surface area contributed by atoms with Crippen LogP contribution in [0.5, 0.6) is 5.75 Å². The van der Waals surface area contributed by atoms with E-state index in [-0.39, 0.29) is 0 Å². The maximum Gasteiger partial charge on any atom is 0.204 e. The highest BCUT2D eigenvalue weighted by Crippen LogP contribution is 2.32. The van der Waals surface area contributed by atoms with E-state index >= 15 is 0 Å². The first-order chi connectivity index (χ1) is 14.8. The second-order valence-electron chi connectivity index (χ2n) is 6.78. The number of thiazole rings is 1. The van der Waals surface area contributed by atoms with Gasteiger partial charge in [-0.1, -0.05) is 36.4 Å². The Labute approximate surface area is 184 Å². The number of rotatable bonds is 9. The maximum absolute atomic E-state index is 5.84. The van der Waals surface area contributed by atoms with Gasteiger partial charge >= 0.3 is 0 Å². The predicted octanol–water partition coefficient (Wildman–Crippen LogP) is 6.64. The highest BCUT2D eigenvalue weighted by atomic mass is 32.1. The topological polar surface area (TPSA) is 46.5 Å². The fourth-order valence-corrected chi connectivity index (χ4v) is 4.62. The molecule has 2 aromatic heterocycles. The first kappa shape index (κ1) is 20.3. The summed E-state index contributed by atoms with van der Waals surface area (Å²) in [6.07, 6.45) is 3.82. The van der Waals surface area contributed by atoms with Gasteiger partial charge in [-0.3, -0.25) is 5.43 Å². The van der Waals surface area contributed by atoms with Gasteiger partial charge in [0.15, 0.2) is 0 Å². The number of anilines is 1. The zero-order valence-corrected chi connectivity index (χ0v) is 18.4. The second-order valence-corrected chi connectivity index (χ2v) is 8.93. The van der Waals surface area contributed by atoms with Crippen molar-refractivity contribution in [3.05, 3.63) is 88.1 Å². The average Bonchev–Trinajstić information content (AvgIpc) is 3.43. The van der Waals surface area contributed by atoms with Crippen LogP contribution in [0.4, 0.5) is 5.13 Å². The minimum Gasteiger partial charge on any atom is -0.494 e. The van der Waals surface area contributed by atoms with Crippen LogP contribution in [0.25, 0.3) is 10.6 Å². The number of ether oxygens (including phenoxy) is 1. The Morgan fingerprint density at radius 1 is 1.03 bits per heavy atom. The van der Waals surface area contributed by atoms with E-state index in [9.17, 15) is 0 Å². The molecule has 0 unspecified atom stereocenters. The van der Waals surface area contributed by atoms with Gasteiger partial charge in [0.1, 0.15) is 5.75 Å². The summed E-state index contributed by atoms with van der Waals surface area (Å²) in [4.78, 5) is 7.01. The van der Waals surface area contributed by atoms with Crippen LogP contribution in [-0.4, -0.2) is 17.8 Å². The van der Waals surface area contributed by atoms with Crippen molar-refractivity contribution in [2.45, 2.75) is 19.8 Å². The van der Waals surface area contributed by atoms with Gasteiger partial charge in [0.25, 0.3) is 0 Å². The van der Waals surface area contributed by atoms with Gasteiger partial charge in [0.2, 0.25) is 5.13 Å². The van der Waals surface area contributed by atoms with Crippen LogP contribution in [0.1, 0.15) is 22.4 Å². The first-order valence-electron chi connectivity index (χ1n) is 9.85. The Balaban J connectivity index is 1.24. The zero-order chi connectivity index (χ0) is 20.6. The number of nitrogens with zero attached hydrogens (tertiary/aromatic N) is 2. The SMILES string of the molecule is Cc1sc(N/N=C\c2ccc(OCCCc3ccccc3)cc2)nc1-c1cccs1. The summed E-state index contributed by atoms with van der Waals surface area (Å²) in [5.74, 6) is 0.879. The summed E-state index contributed by atoms with van der Waals surface area (Å²) in [5.41, 5.74) is 6.42. The molecule has 152 valence electrons. The highest BCUT2D eigenvalue weighted by Gasteiger charge is 2.09. The molecular formula is C24H23N3OS2. The lowest BCUT2D eigenvalue weighted by atomic mass is 10.1. The summed E-state index contributed by atoms with van der Waals surface area (Å²) in [6.45, 7) is 2.79. The van der Waals surface area contributed by atoms with E-state index in [0.717, 1.165) is 35.0 Å². The Morgan fingerprint density at radius 3 is 2.63 bits per heavy atom. The Hall–Kier alpha value is -2.96. The molecule has 0 spiro atoms. The molecule has 6 heteroatoms. The van der Waals surface area contributed by atoms with E-state index in [1.54, 1.807) is 28.9 Å². The fraction of sp³-hybridized carbons (Fsp3) is 0.167. The van der Waals surface area contributed by atoms with E-state index in [4.69, 9.17) is 4.74 Å². The van der Waals surface area contributed by atoms with Gasteiger partial charge in [-0.2, -0.15) is 5.10 Å². The summed E-state index contributed by atoms with van der Waals surface area (Å²) >= 11 is 3.31. The maximum atomic E-state index is 5.84. The average molecular weight is 434 g/mol. The number of benzene rings is 2. The number of aromatic nitrogens is 1. The van der Waals surface area contributed by atoms with E-state index in [0.29, 0.717) is 6.61 Å². The molecule has 4 nitrogen and oxygen atoms in total. The third kappa shape index (κ3) is 5.55. The fourth-order valence-electron chi connectivity index (χ4n) is 3.01. The molecule has 0 amide bonds. The Morgan fingerprint density at radius 2 is 1.87 bits per heavy atom. The Bertz CT molecular complexity index is 1070. The largest absolute Gasteiger partial charge is 0.494 e. The molecule has 2 heterocycles. The number of aryl methyl sites for hydroxylation is 2. The molecule has 0 aliphatic carbocycles. The van der Waals surface area contributed by atoms with Crippen LogP contribution in [0.3, 0.4) is 0 Å². The number of hydrogen-bond acceptors (Lipinski definition) is 6. The van der Waals surface area contributed by atoms with Crippen LogP contribution in [0.2, 0.25) is 0 Å². The summed E-state index contributed by atoms with van der Waals surface area (Å²) in [7, 11) is 0. The van der Waals surface area contributed by atoms with Crippen molar-refractivity contribution in [3.63, 3.8) is 0 Å². The molecule has 0 atom stereocenters. The number of hydrazone groups is 1. The van der Waals surface area contributed by atoms with Gasteiger partial charge in [0.05, 0.1) is 23.4 Å². The standard InChI is InChI=1S/C24H23N3OS2/c1-18-23(22-10-6-16-29-22)26-24(30-18)27-25-17-20-11-13-21(14-12-20)28-15-5-9-19-7-3-2-4-8-19/h2-4,6-8,10-14,16-17H,5,9,15H2,1H3,(H,26,27)/b25-17-. The highest BCUT2D eigenvalue weighted by molar-refractivity contribution is 7.17. The van der Waals surface area contributed by atoms with Crippen molar-refractivity contribution in [2.75, 3.05) is 12.0 Å².